The van der Waals surface area contributed by atoms with Gasteiger partial charge < -0.3 is 87.2 Å². The third-order valence-corrected chi connectivity index (χ3v) is 15.4. The van der Waals surface area contributed by atoms with E-state index in [1.54, 1.807) is 0 Å². The van der Waals surface area contributed by atoms with Gasteiger partial charge in [0.25, 0.3) is 31.3 Å². The van der Waals surface area contributed by atoms with Crippen molar-refractivity contribution in [3.05, 3.63) is 29.3 Å². The molecule has 0 aromatic carbocycles. The highest BCUT2D eigenvalue weighted by Gasteiger charge is 2.47. The lowest BCUT2D eigenvalue weighted by Gasteiger charge is -2.37. The van der Waals surface area contributed by atoms with Crippen LogP contribution in [-0.2, 0) is 63.2 Å². The maximum Gasteiger partial charge on any atom is 0.278 e. The number of aliphatic hydroxyl groups excluding tert-OH is 4. The molecule has 0 aliphatic carbocycles. The van der Waals surface area contributed by atoms with Crippen molar-refractivity contribution >= 4 is 87.5 Å². The minimum absolute atomic E-state index is 0.00794. The van der Waals surface area contributed by atoms with E-state index in [4.69, 9.17) is 21.1 Å². The van der Waals surface area contributed by atoms with Crippen LogP contribution >= 0.6 is 58.5 Å². The first-order chi connectivity index (χ1) is 28.8. The molecule has 3 aromatic heterocycles. The molecular weight excluding hydrogens is 1020 g/mol. The third kappa shape index (κ3) is 13.5. The first-order valence-electron chi connectivity index (χ1n) is 16.2. The number of aromatic nitrogens is 6. The number of phosphoric ester groups is 2. The average Bonchev–Trinajstić information content (AvgIpc) is 3.85. The van der Waals surface area contributed by atoms with Crippen molar-refractivity contribution in [2.45, 2.75) is 62.4 Å². The molecule has 0 saturated carbocycles. The van der Waals surface area contributed by atoms with Gasteiger partial charge in [-0.2, -0.15) is 0 Å². The molecule has 3 aliphatic heterocycles. The number of hydrogen-bond donors (Lipinski definition) is 4. The summed E-state index contributed by atoms with van der Waals surface area (Å²) in [6.07, 6.45) is -9.09. The van der Waals surface area contributed by atoms with E-state index >= 15 is 0 Å². The van der Waals surface area contributed by atoms with E-state index in [-0.39, 0.29) is 45.9 Å². The second-order valence-corrected chi connectivity index (χ2v) is 21.2. The van der Waals surface area contributed by atoms with Crippen LogP contribution in [0.4, 0.5) is 5.82 Å². The molecule has 0 bridgehead atoms. The smallest absolute Gasteiger partial charge is 0.278 e. The zero-order valence-corrected chi connectivity index (χ0v) is 36.5. The number of ether oxygens (including phenoxy) is 2. The van der Waals surface area contributed by atoms with Crippen LogP contribution in [0.15, 0.2) is 17.6 Å². The molecule has 3 aromatic rings. The maximum atomic E-state index is 11.8. The summed E-state index contributed by atoms with van der Waals surface area (Å²) < 4.78 is 100. The molecule has 6 heterocycles. The molecule has 34 nitrogen and oxygen atoms in total. The second-order valence-electron chi connectivity index (χ2n) is 12.3. The second kappa shape index (κ2) is 19.3. The highest BCUT2D eigenvalue weighted by Crippen LogP contribution is 2.61. The summed E-state index contributed by atoms with van der Waals surface area (Å²) in [4.78, 5) is 118. The van der Waals surface area contributed by atoms with Gasteiger partial charge in [-0.05, 0) is 6.92 Å². The summed E-state index contributed by atoms with van der Waals surface area (Å²) >= 11 is 5.97. The molecule has 12 unspecified atom stereocenters. The number of aliphatic hydroxyl groups is 4. The number of nitrogens with zero attached hydrogens (tertiary/aromatic N) is 7. The summed E-state index contributed by atoms with van der Waals surface area (Å²) in [6, 6.07) is 0. The quantitative estimate of drug-likeness (QED) is 0.0766. The Bertz CT molecular complexity index is 2530. The van der Waals surface area contributed by atoms with Crippen LogP contribution in [0, 0.1) is 6.92 Å². The van der Waals surface area contributed by atoms with Gasteiger partial charge in [-0.15, -0.1) is 0 Å². The third-order valence-electron chi connectivity index (χ3n) is 7.83. The van der Waals surface area contributed by atoms with Crippen LogP contribution in [0.3, 0.4) is 0 Å². The molecule has 2 fully saturated rings. The largest absolute Gasteiger partial charge is 0.790 e. The van der Waals surface area contributed by atoms with Crippen LogP contribution in [0.2, 0.25) is 5.15 Å². The molecule has 3 aliphatic rings. The topological polar surface area (TPSA) is 533 Å². The number of aliphatic imine (C=N–C) groups is 1. The molecule has 0 amide bonds. The summed E-state index contributed by atoms with van der Waals surface area (Å²) in [5.74, 6) is -0.0753. The van der Waals surface area contributed by atoms with Crippen molar-refractivity contribution in [1.29, 1.82) is 0 Å². The fourth-order valence-corrected chi connectivity index (χ4v) is 11.4. The Morgan fingerprint density at radius 1 is 0.698 bits per heavy atom. The number of carbonyl (C=O) groups is 1. The fourth-order valence-electron chi connectivity index (χ4n) is 5.44. The van der Waals surface area contributed by atoms with Crippen molar-refractivity contribution in [1.82, 2.24) is 29.1 Å². The number of halogens is 1. The number of carbonyl (C=O) groups excluding carboxylic acids is 1. The summed E-state index contributed by atoms with van der Waals surface area (Å²) in [5.41, 5.74) is 0.271. The lowest BCUT2D eigenvalue weighted by atomic mass is 10.1. The number of rotatable bonds is 16. The highest BCUT2D eigenvalue weighted by atomic mass is 35.5. The molecule has 0 spiro atoms. The minimum Gasteiger partial charge on any atom is -0.790 e. The number of Topliss-reactive ketones (excluding diaryl/α,β-unsaturated/α-hetero) is 1. The van der Waals surface area contributed by atoms with Gasteiger partial charge in [0, 0.05) is 12.6 Å². The number of fused-ring (bicyclic) bond motifs is 2. The van der Waals surface area contributed by atoms with Crippen molar-refractivity contribution in [2.75, 3.05) is 13.2 Å². The van der Waals surface area contributed by atoms with Gasteiger partial charge in [0.2, 0.25) is 0 Å². The summed E-state index contributed by atoms with van der Waals surface area (Å²) in [6.45, 7) is -0.646. The van der Waals surface area contributed by atoms with E-state index < -0.39 is 109 Å². The molecule has 354 valence electrons. The predicted octanol–water partition coefficient (Wildman–Crippen LogP) is -6.17. The molecule has 6 rings (SSSR count). The fraction of sp³-hybridized carbons (Fsp3) is 0.545. The lowest BCUT2D eigenvalue weighted by molar-refractivity contribution is -0.342. The van der Waals surface area contributed by atoms with Crippen LogP contribution in [0.5, 0.6) is 0 Å². The van der Waals surface area contributed by atoms with Gasteiger partial charge in [0.05, 0.1) is 41.5 Å². The van der Waals surface area contributed by atoms with Crippen molar-refractivity contribution < 1.29 is 128 Å². The van der Waals surface area contributed by atoms with E-state index in [0.717, 1.165) is 10.9 Å². The Morgan fingerprint density at radius 3 is 1.63 bits per heavy atom. The number of aryl methyl sites for hydroxylation is 1. The Kier molecular flexibility index (Phi) is 15.9. The van der Waals surface area contributed by atoms with Crippen LogP contribution in [0.25, 0.3) is 11.2 Å². The Hall–Kier alpha value is -2.03. The molecular formula is C22H24ClN7O27P6-8. The van der Waals surface area contributed by atoms with Gasteiger partial charge in [-0.1, -0.05) is 11.6 Å². The Labute approximate surface area is 353 Å². The van der Waals surface area contributed by atoms with Crippen LogP contribution in [-0.4, -0.2) is 111 Å². The molecule has 2 saturated heterocycles. The Balaban J connectivity index is 0.000000238. The standard InChI is InChI=1S/C11H16ClN4O13P3.C11H16N3O14P3/c1-4-14-9(12)6-10(15-4)16(3-13-6)11-8(18)7(17)5(27-11)2-26-31(22,23)29-32(24,25)28-30(19,20)21;15-5-1-2-12-10-7(5)13-4-14(10)11-9(17)8(16)6(26-11)3-25-30(21,22)28-31(23,24)27-29(18,19)20/h3,5,7-8,11,17-18H,2H2,1H3,(H,22,23)(H,24,25)(H2,19,20,21);2,4,6,8-9,11,16-17H,1,3H2,(H,21,22)(H,23,24)(H2,18,19,20)/p-8. The first-order valence-corrected chi connectivity index (χ1v) is 25.4. The van der Waals surface area contributed by atoms with Gasteiger partial charge in [-0.25, -0.2) is 33.5 Å². The van der Waals surface area contributed by atoms with E-state index in [1.807, 2.05) is 0 Å². The monoisotopic (exact) mass is 1040 g/mol. The Morgan fingerprint density at radius 2 is 1.16 bits per heavy atom. The van der Waals surface area contributed by atoms with Crippen LogP contribution in [0.1, 0.15) is 35.2 Å². The molecule has 41 heteroatoms. The molecule has 63 heavy (non-hydrogen) atoms. The summed E-state index contributed by atoms with van der Waals surface area (Å²) in [7, 11) is -36.2. The number of imidazole rings is 2. The zero-order valence-electron chi connectivity index (χ0n) is 30.3. The average molecular weight is 1040 g/mol. The van der Waals surface area contributed by atoms with Crippen molar-refractivity contribution in [3.8, 4) is 0 Å². The van der Waals surface area contributed by atoms with E-state index in [9.17, 15) is 91.8 Å². The minimum atomic E-state index is -6.15. The number of hydrogen-bond acceptors (Lipinski definition) is 32. The van der Waals surface area contributed by atoms with Crippen LogP contribution < -0.4 is 39.1 Å². The van der Waals surface area contributed by atoms with Gasteiger partial charge in [-0.3, -0.25) is 40.8 Å². The van der Waals surface area contributed by atoms with Gasteiger partial charge >= 0.3 is 0 Å². The summed E-state index contributed by atoms with van der Waals surface area (Å²) in [5, 5.41) is 40.7. The molecule has 12 atom stereocenters. The van der Waals surface area contributed by atoms with E-state index in [2.05, 4.69) is 51.2 Å². The van der Waals surface area contributed by atoms with Crippen molar-refractivity contribution in [2.24, 2.45) is 4.99 Å². The zero-order chi connectivity index (χ0) is 47.2. The maximum absolute atomic E-state index is 11.8. The molecule has 4 N–H and O–H groups in total. The van der Waals surface area contributed by atoms with E-state index in [1.165, 1.54) is 24.0 Å². The lowest BCUT2D eigenvalue weighted by Crippen LogP contribution is -2.34. The van der Waals surface area contributed by atoms with Gasteiger partial charge in [0.1, 0.15) is 48.0 Å². The van der Waals surface area contributed by atoms with E-state index in [0.29, 0.717) is 0 Å². The van der Waals surface area contributed by atoms with Gasteiger partial charge in [0.15, 0.2) is 40.6 Å². The highest BCUT2D eigenvalue weighted by molar-refractivity contribution is 7.65. The van der Waals surface area contributed by atoms with Crippen molar-refractivity contribution in [3.63, 3.8) is 0 Å². The number of phosphoric acid groups is 6. The molecule has 0 radical (unpaired) electrons. The SMILES string of the molecule is Cc1nc(Cl)c2ncn(C3OC(COP(=O)([O-])OP(=O)([O-])OP(=O)([O-])[O-])C(O)C3O)c2n1.O=C1CC=Nc2c1ncn2C1OC(COP(=O)([O-])OP(=O)([O-])OP(=O)([O-])[O-])C(O)C1O. The normalized spacial score (nSPS) is 29.0. The first kappa shape index (κ1) is 51.9. The predicted molar refractivity (Wildman–Crippen MR) is 178 cm³/mol. The number of ketones is 1.